The Morgan fingerprint density at radius 2 is 1.47 bits per heavy atom. The second-order valence-electron chi connectivity index (χ2n) is 10.8. The van der Waals surface area contributed by atoms with Crippen molar-refractivity contribution in [3.05, 3.63) is 84.7 Å². The number of benzene rings is 2. The molecule has 0 unspecified atom stereocenters. The first-order valence-corrected chi connectivity index (χ1v) is 14.0. The van der Waals surface area contributed by atoms with Crippen LogP contribution in [0.3, 0.4) is 0 Å². The van der Waals surface area contributed by atoms with E-state index in [0.717, 1.165) is 5.56 Å². The SMILES string of the molecule is CC1(C)O[C@@H]2[C@H](O1)[C@@H](CO[Si](c1ccccc1)(c1ccccc1)C(C)(C)C)O[C@@H]2c1cc[nH]c1. The topological polar surface area (TPSA) is 52.7 Å². The van der Waals surface area contributed by atoms with Gasteiger partial charge in [0.1, 0.15) is 24.4 Å². The molecular weight excluding hydrogens is 442 g/mol. The van der Waals surface area contributed by atoms with Gasteiger partial charge in [0.2, 0.25) is 0 Å². The minimum atomic E-state index is -2.67. The van der Waals surface area contributed by atoms with Gasteiger partial charge in [-0.2, -0.15) is 0 Å². The summed E-state index contributed by atoms with van der Waals surface area (Å²) in [5.74, 6) is -0.649. The lowest BCUT2D eigenvalue weighted by molar-refractivity contribution is -0.190. The molecule has 5 nitrogen and oxygen atoms in total. The number of fused-ring (bicyclic) bond motifs is 1. The third kappa shape index (κ3) is 4.08. The van der Waals surface area contributed by atoms with E-state index in [2.05, 4.69) is 86.4 Å². The summed E-state index contributed by atoms with van der Waals surface area (Å²) in [4.78, 5) is 3.14. The zero-order chi connectivity index (χ0) is 24.0. The molecule has 0 radical (unpaired) electrons. The van der Waals surface area contributed by atoms with Gasteiger partial charge in [-0.1, -0.05) is 81.4 Å². The van der Waals surface area contributed by atoms with E-state index in [1.807, 2.05) is 32.3 Å². The van der Waals surface area contributed by atoms with E-state index in [-0.39, 0.29) is 29.5 Å². The molecule has 0 saturated carbocycles. The average Bonchev–Trinajstić information content (AvgIpc) is 3.51. The molecular formula is C28H35NO4Si. The molecule has 0 amide bonds. The number of hydrogen-bond donors (Lipinski definition) is 1. The molecule has 0 aliphatic carbocycles. The monoisotopic (exact) mass is 477 g/mol. The summed E-state index contributed by atoms with van der Waals surface area (Å²) in [5.41, 5.74) is 1.07. The van der Waals surface area contributed by atoms with Crippen molar-refractivity contribution in [3.63, 3.8) is 0 Å². The molecule has 1 aromatic heterocycles. The van der Waals surface area contributed by atoms with E-state index in [4.69, 9.17) is 18.6 Å². The Bertz CT molecular complexity index is 1040. The van der Waals surface area contributed by atoms with E-state index < -0.39 is 14.1 Å². The fourth-order valence-electron chi connectivity index (χ4n) is 5.57. The van der Waals surface area contributed by atoms with Crippen LogP contribution < -0.4 is 10.4 Å². The summed E-state index contributed by atoms with van der Waals surface area (Å²) < 4.78 is 26.4. The summed E-state index contributed by atoms with van der Waals surface area (Å²) in [7, 11) is -2.67. The fourth-order valence-corrected chi connectivity index (χ4v) is 10.1. The number of hydrogen-bond acceptors (Lipinski definition) is 4. The molecule has 2 fully saturated rings. The molecule has 2 aromatic carbocycles. The van der Waals surface area contributed by atoms with E-state index >= 15 is 0 Å². The first-order chi connectivity index (χ1) is 16.2. The molecule has 3 aromatic rings. The number of aromatic amines is 1. The lowest BCUT2D eigenvalue weighted by Crippen LogP contribution is -2.67. The van der Waals surface area contributed by atoms with Crippen molar-refractivity contribution in [3.8, 4) is 0 Å². The van der Waals surface area contributed by atoms with E-state index in [0.29, 0.717) is 6.61 Å². The van der Waals surface area contributed by atoms with Crippen LogP contribution in [0.1, 0.15) is 46.3 Å². The van der Waals surface area contributed by atoms with Gasteiger partial charge >= 0.3 is 0 Å². The lowest BCUT2D eigenvalue weighted by atomic mass is 10.0. The van der Waals surface area contributed by atoms with Crippen LogP contribution in [0.5, 0.6) is 0 Å². The van der Waals surface area contributed by atoms with E-state index in [1.54, 1.807) is 0 Å². The summed E-state index contributed by atoms with van der Waals surface area (Å²) in [6.07, 6.45) is 3.12. The lowest BCUT2D eigenvalue weighted by Gasteiger charge is -2.43. The molecule has 1 N–H and O–H groups in total. The van der Waals surface area contributed by atoms with Gasteiger partial charge in [0, 0.05) is 18.0 Å². The van der Waals surface area contributed by atoms with Gasteiger partial charge in [0.25, 0.3) is 8.32 Å². The van der Waals surface area contributed by atoms with Crippen molar-refractivity contribution in [1.29, 1.82) is 0 Å². The maximum absolute atomic E-state index is 7.16. The van der Waals surface area contributed by atoms with Crippen LogP contribution in [0.2, 0.25) is 5.04 Å². The molecule has 34 heavy (non-hydrogen) atoms. The largest absolute Gasteiger partial charge is 0.405 e. The van der Waals surface area contributed by atoms with Crippen LogP contribution in [0.4, 0.5) is 0 Å². The van der Waals surface area contributed by atoms with Gasteiger partial charge in [-0.15, -0.1) is 0 Å². The van der Waals surface area contributed by atoms with Crippen LogP contribution in [-0.2, 0) is 18.6 Å². The predicted octanol–water partition coefficient (Wildman–Crippen LogP) is 4.55. The Labute approximate surface area is 203 Å². The van der Waals surface area contributed by atoms with Crippen LogP contribution >= 0.6 is 0 Å². The van der Waals surface area contributed by atoms with Crippen molar-refractivity contribution in [2.45, 2.75) is 69.9 Å². The number of rotatable bonds is 6. The van der Waals surface area contributed by atoms with Gasteiger partial charge in [-0.05, 0) is 35.3 Å². The van der Waals surface area contributed by atoms with Crippen LogP contribution in [0.15, 0.2) is 79.1 Å². The standard InChI is InChI=1S/C28H35NO4Si/c1-27(2,3)34(21-12-8-6-9-13-21,22-14-10-7-11-15-22)30-19-23-25-26(33-28(4,5)32-25)24(31-23)20-16-17-29-18-20/h6-18,23-26,29H,19H2,1-5H3/t23-,24-,25-,26+/m1/s1. The second kappa shape index (κ2) is 8.77. The molecule has 3 heterocycles. The quantitative estimate of drug-likeness (QED) is 0.529. The Morgan fingerprint density at radius 3 is 2.00 bits per heavy atom. The first-order valence-electron chi connectivity index (χ1n) is 12.1. The third-order valence-electron chi connectivity index (χ3n) is 6.98. The van der Waals surface area contributed by atoms with Crippen LogP contribution in [0.25, 0.3) is 0 Å². The molecule has 4 atom stereocenters. The molecule has 6 heteroatoms. The fraction of sp³-hybridized carbons (Fsp3) is 0.429. The summed E-state index contributed by atoms with van der Waals surface area (Å²) >= 11 is 0. The van der Waals surface area contributed by atoms with Crippen molar-refractivity contribution >= 4 is 18.7 Å². The van der Waals surface area contributed by atoms with Gasteiger partial charge < -0.3 is 23.6 Å². The van der Waals surface area contributed by atoms with Gasteiger partial charge in [0.05, 0.1) is 6.61 Å². The van der Waals surface area contributed by atoms with Crippen molar-refractivity contribution in [2.24, 2.45) is 0 Å². The summed E-state index contributed by atoms with van der Waals surface area (Å²) in [6.45, 7) is 11.3. The Kier molecular flexibility index (Phi) is 6.07. The predicted molar refractivity (Wildman–Crippen MR) is 136 cm³/mol. The Hall–Kier alpha value is -2.22. The number of aromatic nitrogens is 1. The maximum Gasteiger partial charge on any atom is 0.261 e. The minimum Gasteiger partial charge on any atom is -0.405 e. The van der Waals surface area contributed by atoms with E-state index in [9.17, 15) is 0 Å². The summed E-state index contributed by atoms with van der Waals surface area (Å²) in [5, 5.41) is 2.42. The van der Waals surface area contributed by atoms with Crippen LogP contribution in [0, 0.1) is 0 Å². The number of H-pyrrole nitrogens is 1. The normalized spacial score (nSPS) is 26.5. The average molecular weight is 478 g/mol. The molecule has 0 spiro atoms. The Morgan fingerprint density at radius 1 is 0.882 bits per heavy atom. The highest BCUT2D eigenvalue weighted by molar-refractivity contribution is 6.99. The number of ether oxygens (including phenoxy) is 3. The van der Waals surface area contributed by atoms with Crippen molar-refractivity contribution in [2.75, 3.05) is 6.61 Å². The first kappa shape index (κ1) is 23.5. The number of nitrogens with one attached hydrogen (secondary N) is 1. The molecule has 2 aliphatic rings. The zero-order valence-corrected chi connectivity index (χ0v) is 21.7. The van der Waals surface area contributed by atoms with Crippen molar-refractivity contribution in [1.82, 2.24) is 4.98 Å². The van der Waals surface area contributed by atoms with Gasteiger partial charge in [-0.25, -0.2) is 0 Å². The Balaban J connectivity index is 1.50. The second-order valence-corrected chi connectivity index (χ2v) is 15.1. The molecule has 180 valence electrons. The zero-order valence-electron chi connectivity index (χ0n) is 20.7. The van der Waals surface area contributed by atoms with E-state index in [1.165, 1.54) is 10.4 Å². The van der Waals surface area contributed by atoms with Gasteiger partial charge in [-0.3, -0.25) is 0 Å². The summed E-state index contributed by atoms with van der Waals surface area (Å²) in [6, 6.07) is 23.4. The smallest absolute Gasteiger partial charge is 0.261 e. The highest BCUT2D eigenvalue weighted by atomic mass is 28.4. The third-order valence-corrected chi connectivity index (χ3v) is 12.0. The minimum absolute atomic E-state index is 0.0972. The van der Waals surface area contributed by atoms with Crippen LogP contribution in [-0.4, -0.2) is 44.0 Å². The molecule has 2 aliphatic heterocycles. The molecule has 2 saturated heterocycles. The molecule has 0 bridgehead atoms. The van der Waals surface area contributed by atoms with Gasteiger partial charge in [0.15, 0.2) is 5.79 Å². The maximum atomic E-state index is 7.16. The van der Waals surface area contributed by atoms with Crippen molar-refractivity contribution < 1.29 is 18.6 Å². The highest BCUT2D eigenvalue weighted by Crippen LogP contribution is 2.46. The molecule has 5 rings (SSSR count). The highest BCUT2D eigenvalue weighted by Gasteiger charge is 2.57.